The maximum absolute atomic E-state index is 11.4. The molecule has 0 aromatic heterocycles. The lowest BCUT2D eigenvalue weighted by Crippen LogP contribution is -2.19. The highest BCUT2D eigenvalue weighted by Gasteiger charge is 2.24. The summed E-state index contributed by atoms with van der Waals surface area (Å²) in [6.07, 6.45) is 6.29. The Morgan fingerprint density at radius 2 is 1.89 bits per heavy atom. The van der Waals surface area contributed by atoms with Crippen molar-refractivity contribution in [2.45, 2.75) is 43.5 Å². The molecule has 1 aliphatic rings. The number of hydrogen-bond donors (Lipinski definition) is 1. The van der Waals surface area contributed by atoms with Gasteiger partial charge in [0.05, 0.1) is 4.90 Å². The fourth-order valence-electron chi connectivity index (χ4n) is 2.12. The minimum Gasteiger partial charge on any atom is -0.382 e. The van der Waals surface area contributed by atoms with Crippen LogP contribution in [0.1, 0.15) is 32.6 Å². The van der Waals surface area contributed by atoms with E-state index >= 15 is 0 Å². The quantitative estimate of drug-likeness (QED) is 0.861. The van der Waals surface area contributed by atoms with Gasteiger partial charge in [-0.15, -0.1) is 0 Å². The van der Waals surface area contributed by atoms with Crippen molar-refractivity contribution in [1.29, 1.82) is 0 Å². The molecule has 0 heterocycles. The SMILES string of the molecule is CCC(CC1CC1)Nc1ccc(S(C)(=O)=O)cc1. The van der Waals surface area contributed by atoms with Crippen LogP contribution >= 0.6 is 0 Å². The Bertz CT molecular complexity index is 489. The molecule has 0 saturated heterocycles. The zero-order valence-corrected chi connectivity index (χ0v) is 11.8. The van der Waals surface area contributed by atoms with Crippen LogP contribution in [0.5, 0.6) is 0 Å². The molecule has 1 aromatic rings. The Hall–Kier alpha value is -1.03. The predicted octanol–water partition coefficient (Wildman–Crippen LogP) is 3.08. The first-order valence-electron chi connectivity index (χ1n) is 6.55. The van der Waals surface area contributed by atoms with E-state index in [2.05, 4.69) is 12.2 Å². The number of nitrogens with one attached hydrogen (secondary N) is 1. The van der Waals surface area contributed by atoms with Crippen LogP contribution in [0.25, 0.3) is 0 Å². The van der Waals surface area contributed by atoms with Crippen LogP contribution in [0.3, 0.4) is 0 Å². The van der Waals surface area contributed by atoms with Crippen LogP contribution in [-0.4, -0.2) is 20.7 Å². The van der Waals surface area contributed by atoms with E-state index in [4.69, 9.17) is 0 Å². The summed E-state index contributed by atoms with van der Waals surface area (Å²) in [4.78, 5) is 0.378. The highest BCUT2D eigenvalue weighted by molar-refractivity contribution is 7.90. The van der Waals surface area contributed by atoms with Gasteiger partial charge in [-0.05, 0) is 43.0 Å². The Morgan fingerprint density at radius 1 is 1.28 bits per heavy atom. The largest absolute Gasteiger partial charge is 0.382 e. The summed E-state index contributed by atoms with van der Waals surface area (Å²) in [6.45, 7) is 2.19. The number of benzene rings is 1. The van der Waals surface area contributed by atoms with Crippen molar-refractivity contribution in [3.05, 3.63) is 24.3 Å². The molecule has 1 aromatic carbocycles. The fraction of sp³-hybridized carbons (Fsp3) is 0.571. The second-order valence-electron chi connectivity index (χ2n) is 5.23. The van der Waals surface area contributed by atoms with E-state index in [1.807, 2.05) is 12.1 Å². The van der Waals surface area contributed by atoms with Crippen molar-refractivity contribution in [2.75, 3.05) is 11.6 Å². The van der Waals surface area contributed by atoms with Gasteiger partial charge in [-0.1, -0.05) is 19.8 Å². The second kappa shape index (κ2) is 5.31. The van der Waals surface area contributed by atoms with E-state index in [1.165, 1.54) is 25.5 Å². The van der Waals surface area contributed by atoms with E-state index in [9.17, 15) is 8.42 Å². The zero-order valence-electron chi connectivity index (χ0n) is 11.0. The number of hydrogen-bond acceptors (Lipinski definition) is 3. The van der Waals surface area contributed by atoms with E-state index < -0.39 is 9.84 Å². The molecule has 0 amide bonds. The molecule has 0 radical (unpaired) electrons. The van der Waals surface area contributed by atoms with Gasteiger partial charge >= 0.3 is 0 Å². The molecule has 4 heteroatoms. The van der Waals surface area contributed by atoms with Gasteiger partial charge in [0.1, 0.15) is 0 Å². The van der Waals surface area contributed by atoms with Crippen molar-refractivity contribution in [3.8, 4) is 0 Å². The zero-order chi connectivity index (χ0) is 13.2. The van der Waals surface area contributed by atoms with Crippen molar-refractivity contribution in [3.63, 3.8) is 0 Å². The summed E-state index contributed by atoms with van der Waals surface area (Å²) in [7, 11) is -3.09. The van der Waals surface area contributed by atoms with Gasteiger partial charge in [-0.25, -0.2) is 8.42 Å². The molecule has 1 N–H and O–H groups in total. The molecule has 3 nitrogen and oxygen atoms in total. The van der Waals surface area contributed by atoms with E-state index in [1.54, 1.807) is 12.1 Å². The number of anilines is 1. The van der Waals surface area contributed by atoms with Crippen molar-refractivity contribution in [2.24, 2.45) is 5.92 Å². The third-order valence-corrected chi connectivity index (χ3v) is 4.59. The summed E-state index contributed by atoms with van der Waals surface area (Å²) >= 11 is 0. The molecule has 1 saturated carbocycles. The van der Waals surface area contributed by atoms with E-state index in [-0.39, 0.29) is 0 Å². The predicted molar refractivity (Wildman–Crippen MR) is 74.6 cm³/mol. The molecule has 2 rings (SSSR count). The smallest absolute Gasteiger partial charge is 0.175 e. The molecule has 0 bridgehead atoms. The molecule has 1 unspecified atom stereocenters. The van der Waals surface area contributed by atoms with Gasteiger partial charge in [0.25, 0.3) is 0 Å². The minimum absolute atomic E-state index is 0.378. The standard InChI is InChI=1S/C14H21NO2S/c1-3-12(10-11-4-5-11)15-13-6-8-14(9-7-13)18(2,16)17/h6-9,11-12,15H,3-5,10H2,1-2H3. The van der Waals surface area contributed by atoms with E-state index in [0.717, 1.165) is 18.0 Å². The van der Waals surface area contributed by atoms with Gasteiger partial charge in [0, 0.05) is 18.0 Å². The second-order valence-corrected chi connectivity index (χ2v) is 7.24. The first-order chi connectivity index (χ1) is 8.49. The highest BCUT2D eigenvalue weighted by atomic mass is 32.2. The van der Waals surface area contributed by atoms with Crippen LogP contribution in [0.15, 0.2) is 29.2 Å². The lowest BCUT2D eigenvalue weighted by Gasteiger charge is -2.18. The van der Waals surface area contributed by atoms with Crippen LogP contribution < -0.4 is 5.32 Å². The normalized spacial score (nSPS) is 17.4. The summed E-state index contributed by atoms with van der Waals surface area (Å²) in [5.74, 6) is 0.901. The third kappa shape index (κ3) is 3.73. The van der Waals surface area contributed by atoms with Gasteiger partial charge in [-0.2, -0.15) is 0 Å². The molecule has 1 atom stereocenters. The van der Waals surface area contributed by atoms with Crippen LogP contribution in [0.2, 0.25) is 0 Å². The molecular weight excluding hydrogens is 246 g/mol. The third-order valence-electron chi connectivity index (χ3n) is 3.46. The molecule has 0 aliphatic heterocycles. The molecule has 1 aliphatic carbocycles. The fourth-order valence-corrected chi connectivity index (χ4v) is 2.75. The Labute approximate surface area is 110 Å². The average Bonchev–Trinajstić information content (AvgIpc) is 3.11. The highest BCUT2D eigenvalue weighted by Crippen LogP contribution is 2.34. The van der Waals surface area contributed by atoms with Gasteiger partial charge in [0.15, 0.2) is 9.84 Å². The Morgan fingerprint density at radius 3 is 2.33 bits per heavy atom. The maximum atomic E-state index is 11.4. The summed E-state index contributed by atoms with van der Waals surface area (Å²) in [6, 6.07) is 7.54. The van der Waals surface area contributed by atoms with Crippen LogP contribution in [-0.2, 0) is 9.84 Å². The molecule has 18 heavy (non-hydrogen) atoms. The Kier molecular flexibility index (Phi) is 3.95. The molecule has 0 spiro atoms. The summed E-state index contributed by atoms with van der Waals surface area (Å²) in [5, 5.41) is 3.48. The minimum atomic E-state index is -3.09. The van der Waals surface area contributed by atoms with Crippen molar-refractivity contribution < 1.29 is 8.42 Å². The Balaban J connectivity index is 2.00. The average molecular weight is 267 g/mol. The maximum Gasteiger partial charge on any atom is 0.175 e. The van der Waals surface area contributed by atoms with Gasteiger partial charge in [-0.3, -0.25) is 0 Å². The van der Waals surface area contributed by atoms with Gasteiger partial charge < -0.3 is 5.32 Å². The monoisotopic (exact) mass is 267 g/mol. The first kappa shape index (κ1) is 13.4. The van der Waals surface area contributed by atoms with Crippen molar-refractivity contribution >= 4 is 15.5 Å². The number of rotatable bonds is 6. The summed E-state index contributed by atoms with van der Waals surface area (Å²) < 4.78 is 22.7. The molecule has 1 fully saturated rings. The van der Waals surface area contributed by atoms with Crippen LogP contribution in [0, 0.1) is 5.92 Å². The van der Waals surface area contributed by atoms with Crippen LogP contribution in [0.4, 0.5) is 5.69 Å². The van der Waals surface area contributed by atoms with Gasteiger partial charge in [0.2, 0.25) is 0 Å². The molecular formula is C14H21NO2S. The first-order valence-corrected chi connectivity index (χ1v) is 8.45. The lowest BCUT2D eigenvalue weighted by molar-refractivity contribution is 0.587. The molecule has 100 valence electrons. The lowest BCUT2D eigenvalue weighted by atomic mass is 10.1. The topological polar surface area (TPSA) is 46.2 Å². The van der Waals surface area contributed by atoms with E-state index in [0.29, 0.717) is 10.9 Å². The number of sulfone groups is 1. The summed E-state index contributed by atoms with van der Waals surface area (Å²) in [5.41, 5.74) is 1.01. The van der Waals surface area contributed by atoms with Crippen molar-refractivity contribution in [1.82, 2.24) is 0 Å².